The van der Waals surface area contributed by atoms with Crippen LogP contribution in [0.1, 0.15) is 21.5 Å². The molecule has 0 spiro atoms. The van der Waals surface area contributed by atoms with E-state index in [0.717, 1.165) is 11.3 Å². The minimum atomic E-state index is -0.141. The maximum absolute atomic E-state index is 12.3. The summed E-state index contributed by atoms with van der Waals surface area (Å²) in [6, 6.07) is 10.5. The molecule has 0 saturated heterocycles. The van der Waals surface area contributed by atoms with E-state index in [1.165, 1.54) is 4.90 Å². The number of carbonyl (C=O) groups is 1. The molecule has 20 heavy (non-hydrogen) atoms. The number of nitrogens with zero attached hydrogens (tertiary/aromatic N) is 3. The maximum atomic E-state index is 12.3. The first-order chi connectivity index (χ1) is 9.65. The lowest BCUT2D eigenvalue weighted by Gasteiger charge is -2.17. The molecule has 0 fully saturated rings. The molecule has 2 rings (SSSR count). The number of rotatable bonds is 3. The van der Waals surface area contributed by atoms with Crippen LogP contribution in [0.25, 0.3) is 0 Å². The van der Waals surface area contributed by atoms with Gasteiger partial charge in [0.05, 0.1) is 23.5 Å². The highest BCUT2D eigenvalue weighted by Crippen LogP contribution is 2.16. The second kappa shape index (κ2) is 5.98. The molecule has 4 heteroatoms. The van der Waals surface area contributed by atoms with Crippen molar-refractivity contribution >= 4 is 11.6 Å². The van der Waals surface area contributed by atoms with E-state index in [9.17, 15) is 4.79 Å². The van der Waals surface area contributed by atoms with Crippen molar-refractivity contribution in [2.45, 2.75) is 6.42 Å². The molecule has 0 unspecified atom stereocenters. The van der Waals surface area contributed by atoms with Gasteiger partial charge in [-0.05, 0) is 49.2 Å². The van der Waals surface area contributed by atoms with Crippen molar-refractivity contribution < 1.29 is 4.79 Å². The van der Waals surface area contributed by atoms with Crippen LogP contribution in [0.4, 0.5) is 5.69 Å². The molecule has 99 valence electrons. The van der Waals surface area contributed by atoms with Crippen molar-refractivity contribution in [1.82, 2.24) is 4.98 Å². The highest BCUT2D eigenvalue weighted by Gasteiger charge is 2.13. The molecule has 0 aliphatic heterocycles. The van der Waals surface area contributed by atoms with Gasteiger partial charge >= 0.3 is 0 Å². The number of amides is 1. The van der Waals surface area contributed by atoms with Crippen molar-refractivity contribution in [3.8, 4) is 6.07 Å². The smallest absolute Gasteiger partial charge is 0.258 e. The van der Waals surface area contributed by atoms with Crippen LogP contribution in [0.3, 0.4) is 0 Å². The van der Waals surface area contributed by atoms with Crippen molar-refractivity contribution in [2.75, 3.05) is 11.9 Å². The van der Waals surface area contributed by atoms with E-state index < -0.39 is 0 Å². The lowest BCUT2D eigenvalue weighted by molar-refractivity contribution is 0.0993. The number of pyridine rings is 1. The maximum Gasteiger partial charge on any atom is 0.258 e. The number of anilines is 1. The molecule has 0 bridgehead atoms. The predicted octanol–water partition coefficient (Wildman–Crippen LogP) is 2.61. The number of carbonyl (C=O) groups excluding carboxylic acids is 1. The van der Waals surface area contributed by atoms with E-state index >= 15 is 0 Å². The molecule has 0 saturated carbocycles. The minimum Gasteiger partial charge on any atom is -0.310 e. The molecule has 1 amide bonds. The van der Waals surface area contributed by atoms with Crippen molar-refractivity contribution in [2.24, 2.45) is 0 Å². The van der Waals surface area contributed by atoms with E-state index in [1.54, 1.807) is 43.7 Å². The minimum absolute atomic E-state index is 0.141. The molecule has 2 aromatic rings. The molecular weight excluding hydrogens is 250 g/mol. The summed E-state index contributed by atoms with van der Waals surface area (Å²) in [7, 11) is 1.70. The van der Waals surface area contributed by atoms with Crippen LogP contribution in [0.5, 0.6) is 0 Å². The van der Waals surface area contributed by atoms with Gasteiger partial charge in [0.2, 0.25) is 0 Å². The topological polar surface area (TPSA) is 57.0 Å². The summed E-state index contributed by atoms with van der Waals surface area (Å²) in [4.78, 5) is 18.0. The standard InChI is InChI=1S/C16H14N3O/c1-3-12-8-15(11-18-10-12)19(2)16(20)14-6-4-13(9-17)5-7-14/h4-8,10-11H,1,3H2,2H3. The zero-order valence-corrected chi connectivity index (χ0v) is 11.2. The van der Waals surface area contributed by atoms with Gasteiger partial charge in [0.15, 0.2) is 0 Å². The number of hydrogen-bond acceptors (Lipinski definition) is 3. The zero-order valence-electron chi connectivity index (χ0n) is 11.2. The molecule has 4 nitrogen and oxygen atoms in total. The summed E-state index contributed by atoms with van der Waals surface area (Å²) >= 11 is 0. The third-order valence-electron chi connectivity index (χ3n) is 3.02. The van der Waals surface area contributed by atoms with E-state index in [2.05, 4.69) is 11.9 Å². The molecule has 0 atom stereocenters. The van der Waals surface area contributed by atoms with Crippen molar-refractivity contribution in [1.29, 1.82) is 5.26 Å². The molecule has 1 radical (unpaired) electrons. The van der Waals surface area contributed by atoms with Crippen LogP contribution in [0.15, 0.2) is 42.7 Å². The lowest BCUT2D eigenvalue weighted by Crippen LogP contribution is -2.26. The van der Waals surface area contributed by atoms with Gasteiger partial charge < -0.3 is 4.90 Å². The fourth-order valence-electron chi connectivity index (χ4n) is 1.79. The lowest BCUT2D eigenvalue weighted by atomic mass is 10.1. The SMILES string of the molecule is [CH2]Cc1cncc(N(C)C(=O)c2ccc(C#N)cc2)c1. The number of hydrogen-bond donors (Lipinski definition) is 0. The summed E-state index contributed by atoms with van der Waals surface area (Å²) < 4.78 is 0. The first-order valence-electron chi connectivity index (χ1n) is 6.17. The van der Waals surface area contributed by atoms with Crippen LogP contribution >= 0.6 is 0 Å². The van der Waals surface area contributed by atoms with Crippen molar-refractivity contribution in [3.63, 3.8) is 0 Å². The van der Waals surface area contributed by atoms with Crippen LogP contribution in [-0.4, -0.2) is 17.9 Å². The van der Waals surface area contributed by atoms with Crippen LogP contribution in [-0.2, 0) is 6.42 Å². The Morgan fingerprint density at radius 1 is 1.35 bits per heavy atom. The summed E-state index contributed by atoms with van der Waals surface area (Å²) in [5.74, 6) is -0.141. The van der Waals surface area contributed by atoms with Gasteiger partial charge in [0.1, 0.15) is 0 Å². The van der Waals surface area contributed by atoms with Gasteiger partial charge in [-0.25, -0.2) is 0 Å². The average Bonchev–Trinajstić information content (AvgIpc) is 2.53. The number of nitriles is 1. The first-order valence-corrected chi connectivity index (χ1v) is 6.17. The summed E-state index contributed by atoms with van der Waals surface area (Å²) in [5, 5.41) is 8.75. The molecule has 1 aromatic carbocycles. The Labute approximate surface area is 118 Å². The number of benzene rings is 1. The summed E-state index contributed by atoms with van der Waals surface area (Å²) in [6.07, 6.45) is 4.00. The summed E-state index contributed by atoms with van der Waals surface area (Å²) in [5.41, 5.74) is 2.76. The Balaban J connectivity index is 2.25. The van der Waals surface area contributed by atoms with E-state index in [-0.39, 0.29) is 5.91 Å². The molecule has 0 aliphatic rings. The van der Waals surface area contributed by atoms with Crippen LogP contribution in [0.2, 0.25) is 0 Å². The predicted molar refractivity (Wildman–Crippen MR) is 77.2 cm³/mol. The van der Waals surface area contributed by atoms with Gasteiger partial charge in [-0.3, -0.25) is 9.78 Å². The van der Waals surface area contributed by atoms with E-state index in [4.69, 9.17) is 5.26 Å². The molecular formula is C16H14N3O. The molecule has 1 heterocycles. The Hall–Kier alpha value is -2.67. The van der Waals surface area contributed by atoms with Gasteiger partial charge in [-0.1, -0.05) is 0 Å². The van der Waals surface area contributed by atoms with E-state index in [1.807, 2.05) is 12.1 Å². The first kappa shape index (κ1) is 13.8. The van der Waals surface area contributed by atoms with Gasteiger partial charge in [0.25, 0.3) is 5.91 Å². The Morgan fingerprint density at radius 2 is 2.05 bits per heavy atom. The molecule has 1 aromatic heterocycles. The highest BCUT2D eigenvalue weighted by atomic mass is 16.2. The highest BCUT2D eigenvalue weighted by molar-refractivity contribution is 6.05. The van der Waals surface area contributed by atoms with Gasteiger partial charge in [0, 0.05) is 18.8 Å². The number of aromatic nitrogens is 1. The average molecular weight is 264 g/mol. The molecule has 0 aliphatic carbocycles. The van der Waals surface area contributed by atoms with Gasteiger partial charge in [-0.15, -0.1) is 0 Å². The van der Waals surface area contributed by atoms with E-state index in [0.29, 0.717) is 17.5 Å². The fourth-order valence-corrected chi connectivity index (χ4v) is 1.79. The second-order valence-corrected chi connectivity index (χ2v) is 4.35. The third kappa shape index (κ3) is 2.83. The quantitative estimate of drug-likeness (QED) is 0.856. The molecule has 0 N–H and O–H groups in total. The fraction of sp³-hybridized carbons (Fsp3) is 0.125. The van der Waals surface area contributed by atoms with Crippen LogP contribution < -0.4 is 4.90 Å². The third-order valence-corrected chi connectivity index (χ3v) is 3.02. The normalized spacial score (nSPS) is 9.85. The second-order valence-electron chi connectivity index (χ2n) is 4.35. The van der Waals surface area contributed by atoms with Crippen LogP contribution in [0, 0.1) is 18.3 Å². The largest absolute Gasteiger partial charge is 0.310 e. The Morgan fingerprint density at radius 3 is 2.65 bits per heavy atom. The summed E-state index contributed by atoms with van der Waals surface area (Å²) in [6.45, 7) is 3.80. The van der Waals surface area contributed by atoms with Gasteiger partial charge in [-0.2, -0.15) is 5.26 Å². The van der Waals surface area contributed by atoms with Crippen molar-refractivity contribution in [3.05, 3.63) is 66.3 Å². The monoisotopic (exact) mass is 264 g/mol. The Bertz CT molecular complexity index is 656. The zero-order chi connectivity index (χ0) is 14.5. The Kier molecular flexibility index (Phi) is 4.11.